The Hall–Kier alpha value is -3.89. The second-order valence-corrected chi connectivity index (χ2v) is 7.04. The number of nitrogens with one attached hydrogen (secondary N) is 1. The van der Waals surface area contributed by atoms with Gasteiger partial charge in [-0.2, -0.15) is 18.2 Å². The lowest BCUT2D eigenvalue weighted by Gasteiger charge is -2.35. The minimum atomic E-state index is -4.44. The third kappa shape index (κ3) is 4.71. The van der Waals surface area contributed by atoms with Crippen molar-refractivity contribution in [3.05, 3.63) is 71.7 Å². The Bertz CT molecular complexity index is 1090. The largest absolute Gasteiger partial charge is 0.431 e. The molecule has 3 heterocycles. The molecule has 1 aromatic carbocycles. The van der Waals surface area contributed by atoms with Gasteiger partial charge < -0.3 is 14.2 Å². The van der Waals surface area contributed by atoms with Crippen LogP contribution in [0.5, 0.6) is 0 Å². The molecule has 1 fully saturated rings. The molecule has 1 aliphatic rings. The molecule has 166 valence electrons. The molecule has 1 saturated heterocycles. The van der Waals surface area contributed by atoms with Gasteiger partial charge in [-0.15, -0.1) is 0 Å². The number of piperazine rings is 1. The molecule has 11 heteroatoms. The molecule has 0 bridgehead atoms. The molecule has 1 aliphatic heterocycles. The Morgan fingerprint density at radius 1 is 1.00 bits per heavy atom. The smallest absolute Gasteiger partial charge is 0.417 e. The predicted molar refractivity (Wildman–Crippen MR) is 108 cm³/mol. The highest BCUT2D eigenvalue weighted by molar-refractivity contribution is 6.03. The minimum absolute atomic E-state index is 0.0504. The van der Waals surface area contributed by atoms with Crippen LogP contribution < -0.4 is 10.2 Å². The number of hydrogen-bond donors (Lipinski definition) is 1. The fourth-order valence-corrected chi connectivity index (χ4v) is 3.23. The van der Waals surface area contributed by atoms with Crippen molar-refractivity contribution in [3.8, 4) is 0 Å². The fraction of sp³-hybridized carbons (Fsp3) is 0.238. The molecule has 0 atom stereocenters. The average Bonchev–Trinajstić information content (AvgIpc) is 3.27. The summed E-state index contributed by atoms with van der Waals surface area (Å²) in [6.07, 6.45) is -2.46. The zero-order valence-corrected chi connectivity index (χ0v) is 16.7. The summed E-state index contributed by atoms with van der Waals surface area (Å²) in [6.45, 7) is 1.47. The van der Waals surface area contributed by atoms with Gasteiger partial charge in [0, 0.05) is 37.9 Å². The summed E-state index contributed by atoms with van der Waals surface area (Å²) in [6, 6.07) is 10.7. The van der Waals surface area contributed by atoms with E-state index in [9.17, 15) is 22.8 Å². The van der Waals surface area contributed by atoms with Gasteiger partial charge in [-0.05, 0) is 24.3 Å². The minimum Gasteiger partial charge on any atom is -0.431 e. The monoisotopic (exact) mass is 445 g/mol. The number of halogens is 3. The summed E-state index contributed by atoms with van der Waals surface area (Å²) in [7, 11) is 0. The molecule has 0 radical (unpaired) electrons. The summed E-state index contributed by atoms with van der Waals surface area (Å²) >= 11 is 0. The molecule has 2 aromatic heterocycles. The lowest BCUT2D eigenvalue weighted by molar-refractivity contribution is -0.137. The summed E-state index contributed by atoms with van der Waals surface area (Å²) in [4.78, 5) is 36.1. The molecule has 0 unspecified atom stereocenters. The second kappa shape index (κ2) is 8.69. The number of benzene rings is 1. The van der Waals surface area contributed by atoms with Crippen molar-refractivity contribution < 1.29 is 27.2 Å². The number of rotatable bonds is 4. The third-order valence-electron chi connectivity index (χ3n) is 4.95. The van der Waals surface area contributed by atoms with Crippen LogP contribution in [0.3, 0.4) is 0 Å². The SMILES string of the molecule is O=C(Nc1nc(C(=O)N2CCN(c3ccc(C(F)(F)F)cn3)CC2)co1)c1ccccc1. The Morgan fingerprint density at radius 2 is 1.72 bits per heavy atom. The number of carbonyl (C=O) groups is 2. The average molecular weight is 445 g/mol. The van der Waals surface area contributed by atoms with Crippen LogP contribution in [0.4, 0.5) is 25.0 Å². The first-order valence-electron chi connectivity index (χ1n) is 9.70. The maximum absolute atomic E-state index is 12.7. The molecule has 2 amide bonds. The van der Waals surface area contributed by atoms with E-state index in [1.54, 1.807) is 40.1 Å². The number of hydrogen-bond acceptors (Lipinski definition) is 6. The number of oxazole rings is 1. The summed E-state index contributed by atoms with van der Waals surface area (Å²) in [5, 5.41) is 2.50. The highest BCUT2D eigenvalue weighted by atomic mass is 19.4. The van der Waals surface area contributed by atoms with Crippen molar-refractivity contribution in [2.24, 2.45) is 0 Å². The molecule has 1 N–H and O–H groups in total. The van der Waals surface area contributed by atoms with Gasteiger partial charge in [0.1, 0.15) is 12.1 Å². The number of pyridine rings is 1. The topological polar surface area (TPSA) is 91.6 Å². The molecular weight excluding hydrogens is 427 g/mol. The summed E-state index contributed by atoms with van der Waals surface area (Å²) in [5.41, 5.74) is -0.336. The third-order valence-corrected chi connectivity index (χ3v) is 4.95. The first kappa shape index (κ1) is 21.3. The summed E-state index contributed by atoms with van der Waals surface area (Å²) in [5.74, 6) is -0.365. The van der Waals surface area contributed by atoms with E-state index in [0.29, 0.717) is 37.6 Å². The number of aromatic nitrogens is 2. The number of nitrogens with zero attached hydrogens (tertiary/aromatic N) is 4. The maximum Gasteiger partial charge on any atom is 0.417 e. The molecule has 32 heavy (non-hydrogen) atoms. The van der Waals surface area contributed by atoms with Crippen LogP contribution in [-0.4, -0.2) is 52.9 Å². The van der Waals surface area contributed by atoms with Gasteiger partial charge in [0.05, 0.1) is 5.56 Å². The van der Waals surface area contributed by atoms with Crippen LogP contribution in [0, 0.1) is 0 Å². The first-order chi connectivity index (χ1) is 15.3. The first-order valence-corrected chi connectivity index (χ1v) is 9.70. The van der Waals surface area contributed by atoms with Gasteiger partial charge in [-0.25, -0.2) is 4.98 Å². The van der Waals surface area contributed by atoms with E-state index in [4.69, 9.17) is 4.42 Å². The van der Waals surface area contributed by atoms with Crippen LogP contribution in [0.2, 0.25) is 0 Å². The van der Waals surface area contributed by atoms with Gasteiger partial charge in [0.2, 0.25) is 0 Å². The Labute approximate surface area is 180 Å². The van der Waals surface area contributed by atoms with E-state index in [2.05, 4.69) is 15.3 Å². The van der Waals surface area contributed by atoms with E-state index in [1.165, 1.54) is 12.3 Å². The Morgan fingerprint density at radius 3 is 2.34 bits per heavy atom. The van der Waals surface area contributed by atoms with Crippen molar-refractivity contribution in [1.29, 1.82) is 0 Å². The molecule has 3 aromatic rings. The fourth-order valence-electron chi connectivity index (χ4n) is 3.23. The molecule has 4 rings (SSSR count). The van der Waals surface area contributed by atoms with Crippen LogP contribution in [0.15, 0.2) is 59.3 Å². The van der Waals surface area contributed by atoms with Crippen molar-refractivity contribution in [1.82, 2.24) is 14.9 Å². The van der Waals surface area contributed by atoms with E-state index >= 15 is 0 Å². The zero-order valence-electron chi connectivity index (χ0n) is 16.7. The van der Waals surface area contributed by atoms with Crippen molar-refractivity contribution in [3.63, 3.8) is 0 Å². The molecule has 0 saturated carbocycles. The van der Waals surface area contributed by atoms with E-state index < -0.39 is 17.6 Å². The number of carbonyl (C=O) groups excluding carboxylic acids is 2. The van der Waals surface area contributed by atoms with Crippen LogP contribution in [0.25, 0.3) is 0 Å². The second-order valence-electron chi connectivity index (χ2n) is 7.04. The molecular formula is C21H18F3N5O3. The van der Waals surface area contributed by atoms with Gasteiger partial charge in [-0.3, -0.25) is 14.9 Å². The number of alkyl halides is 3. The zero-order chi connectivity index (χ0) is 22.7. The Kier molecular flexibility index (Phi) is 5.80. The van der Waals surface area contributed by atoms with Gasteiger partial charge in [0.25, 0.3) is 11.8 Å². The lowest BCUT2D eigenvalue weighted by atomic mass is 10.2. The van der Waals surface area contributed by atoms with Crippen LogP contribution >= 0.6 is 0 Å². The van der Waals surface area contributed by atoms with E-state index in [0.717, 1.165) is 12.3 Å². The highest BCUT2D eigenvalue weighted by Gasteiger charge is 2.31. The predicted octanol–water partition coefficient (Wildman–Crippen LogP) is 3.30. The van der Waals surface area contributed by atoms with E-state index in [1.807, 2.05) is 0 Å². The van der Waals surface area contributed by atoms with Crippen molar-refractivity contribution in [2.75, 3.05) is 36.4 Å². The lowest BCUT2D eigenvalue weighted by Crippen LogP contribution is -2.49. The van der Waals surface area contributed by atoms with E-state index in [-0.39, 0.29) is 17.6 Å². The highest BCUT2D eigenvalue weighted by Crippen LogP contribution is 2.29. The van der Waals surface area contributed by atoms with Gasteiger partial charge in [-0.1, -0.05) is 18.2 Å². The van der Waals surface area contributed by atoms with Crippen molar-refractivity contribution in [2.45, 2.75) is 6.18 Å². The van der Waals surface area contributed by atoms with Crippen LogP contribution in [0.1, 0.15) is 26.4 Å². The quantitative estimate of drug-likeness (QED) is 0.663. The standard InChI is InChI=1S/C21H18F3N5O3/c22-21(23,24)15-6-7-17(25-12-15)28-8-10-29(11-9-28)19(31)16-13-32-20(26-16)27-18(30)14-4-2-1-3-5-14/h1-7,12-13H,8-11H2,(H,26,27,30). The Balaban J connectivity index is 1.33. The maximum atomic E-state index is 12.7. The number of anilines is 2. The van der Waals surface area contributed by atoms with Gasteiger partial charge in [0.15, 0.2) is 5.69 Å². The summed E-state index contributed by atoms with van der Waals surface area (Å²) < 4.78 is 43.3. The molecule has 0 spiro atoms. The van der Waals surface area contributed by atoms with Gasteiger partial charge >= 0.3 is 12.2 Å². The number of amides is 2. The van der Waals surface area contributed by atoms with Crippen molar-refractivity contribution >= 4 is 23.6 Å². The normalized spacial score (nSPS) is 14.3. The molecule has 8 nitrogen and oxygen atoms in total. The molecule has 0 aliphatic carbocycles. The van der Waals surface area contributed by atoms with Crippen LogP contribution in [-0.2, 0) is 6.18 Å².